The van der Waals surface area contributed by atoms with Crippen LogP contribution in [-0.4, -0.2) is 16.1 Å². The Labute approximate surface area is 151 Å². The van der Waals surface area contributed by atoms with Crippen LogP contribution in [-0.2, 0) is 0 Å². The van der Waals surface area contributed by atoms with E-state index < -0.39 is 6.10 Å². The summed E-state index contributed by atoms with van der Waals surface area (Å²) in [5, 5.41) is 12.5. The minimum absolute atomic E-state index is 0.158. The molecule has 1 atom stereocenters. The predicted octanol–water partition coefficient (Wildman–Crippen LogP) is 4.00. The number of anilines is 1. The van der Waals surface area contributed by atoms with E-state index in [0.29, 0.717) is 16.9 Å². The Morgan fingerprint density at radius 3 is 2.62 bits per heavy atom. The van der Waals surface area contributed by atoms with Crippen LogP contribution < -0.4 is 11.1 Å². The number of rotatable bonds is 4. The number of aliphatic hydroxyl groups is 1. The van der Waals surface area contributed by atoms with Crippen molar-refractivity contribution in [2.24, 2.45) is 10.7 Å². The average Bonchev–Trinajstić information content (AvgIpc) is 2.62. The number of aromatic nitrogens is 1. The van der Waals surface area contributed by atoms with Gasteiger partial charge in [-0.15, -0.1) is 0 Å². The molecule has 0 aliphatic heterocycles. The van der Waals surface area contributed by atoms with E-state index in [-0.39, 0.29) is 11.8 Å². The van der Waals surface area contributed by atoms with Gasteiger partial charge in [0, 0.05) is 17.4 Å². The molecule has 26 heavy (non-hydrogen) atoms. The first kappa shape index (κ1) is 17.6. The highest BCUT2D eigenvalue weighted by Crippen LogP contribution is 2.28. The molecule has 4 N–H and O–H groups in total. The van der Waals surface area contributed by atoms with E-state index in [0.717, 1.165) is 11.3 Å². The van der Waals surface area contributed by atoms with E-state index in [1.807, 2.05) is 6.07 Å². The molecule has 3 aromatic rings. The molecule has 5 nitrogen and oxygen atoms in total. The highest BCUT2D eigenvalue weighted by Gasteiger charge is 2.07. The Morgan fingerprint density at radius 1 is 1.15 bits per heavy atom. The van der Waals surface area contributed by atoms with Gasteiger partial charge >= 0.3 is 0 Å². The maximum Gasteiger partial charge on any atom is 0.199 e. The van der Waals surface area contributed by atoms with Gasteiger partial charge in [0.15, 0.2) is 11.8 Å². The van der Waals surface area contributed by atoms with Crippen molar-refractivity contribution in [2.75, 3.05) is 5.32 Å². The molecule has 132 valence electrons. The standard InChI is InChI=1S/C20H19FN4O/c1-13(26)14-7-9-17(10-8-14)24-20(22)25-19-18(6-3-11-23-19)15-4-2-5-16(21)12-15/h2-13,26H,1H3,(H3,22,23,24,25). The molecule has 0 saturated carbocycles. The average molecular weight is 350 g/mol. The number of aliphatic hydroxyl groups excluding tert-OH is 1. The van der Waals surface area contributed by atoms with Crippen LogP contribution in [0.3, 0.4) is 0 Å². The highest BCUT2D eigenvalue weighted by atomic mass is 19.1. The van der Waals surface area contributed by atoms with Gasteiger partial charge in [0.1, 0.15) is 5.82 Å². The molecule has 1 heterocycles. The Morgan fingerprint density at radius 2 is 1.92 bits per heavy atom. The van der Waals surface area contributed by atoms with Crippen molar-refractivity contribution in [3.63, 3.8) is 0 Å². The first-order valence-corrected chi connectivity index (χ1v) is 8.13. The SMILES string of the molecule is CC(O)c1ccc(N/C(N)=N/c2ncccc2-c2cccc(F)c2)cc1. The smallest absolute Gasteiger partial charge is 0.199 e. The van der Waals surface area contributed by atoms with Gasteiger partial charge in [-0.25, -0.2) is 9.37 Å². The fourth-order valence-electron chi connectivity index (χ4n) is 2.50. The Kier molecular flexibility index (Phi) is 5.24. The molecule has 0 aliphatic rings. The Bertz CT molecular complexity index is 923. The van der Waals surface area contributed by atoms with Gasteiger partial charge in [0.05, 0.1) is 6.10 Å². The normalized spacial score (nSPS) is 12.7. The Hall–Kier alpha value is -3.25. The largest absolute Gasteiger partial charge is 0.389 e. The van der Waals surface area contributed by atoms with Crippen molar-refractivity contribution in [3.05, 3.63) is 78.2 Å². The molecular weight excluding hydrogens is 331 g/mol. The topological polar surface area (TPSA) is 83.5 Å². The van der Waals surface area contributed by atoms with Gasteiger partial charge in [0.2, 0.25) is 0 Å². The summed E-state index contributed by atoms with van der Waals surface area (Å²) in [6, 6.07) is 17.0. The van der Waals surface area contributed by atoms with Crippen LogP contribution in [0.2, 0.25) is 0 Å². The van der Waals surface area contributed by atoms with E-state index in [1.165, 1.54) is 12.1 Å². The zero-order valence-corrected chi connectivity index (χ0v) is 14.2. The van der Waals surface area contributed by atoms with Crippen LogP contribution in [0.15, 0.2) is 71.9 Å². The molecule has 3 rings (SSSR count). The van der Waals surface area contributed by atoms with Crippen LogP contribution in [0.1, 0.15) is 18.6 Å². The number of nitrogens with zero attached hydrogens (tertiary/aromatic N) is 2. The third-order valence-electron chi connectivity index (χ3n) is 3.81. The molecule has 0 bridgehead atoms. The molecule has 0 radical (unpaired) electrons. The lowest BCUT2D eigenvalue weighted by Gasteiger charge is -2.09. The third kappa shape index (κ3) is 4.23. The molecule has 0 saturated heterocycles. The van der Waals surface area contributed by atoms with E-state index in [1.54, 1.807) is 55.6 Å². The van der Waals surface area contributed by atoms with Crippen molar-refractivity contribution in [3.8, 4) is 11.1 Å². The first-order chi connectivity index (χ1) is 12.5. The number of hydrogen-bond acceptors (Lipinski definition) is 3. The summed E-state index contributed by atoms with van der Waals surface area (Å²) in [4.78, 5) is 8.56. The number of halogens is 1. The maximum absolute atomic E-state index is 13.5. The minimum Gasteiger partial charge on any atom is -0.389 e. The van der Waals surface area contributed by atoms with Gasteiger partial charge in [-0.2, -0.15) is 4.99 Å². The summed E-state index contributed by atoms with van der Waals surface area (Å²) in [6.07, 6.45) is 1.07. The third-order valence-corrected chi connectivity index (χ3v) is 3.81. The van der Waals surface area contributed by atoms with Crippen LogP contribution in [0.4, 0.5) is 15.9 Å². The second kappa shape index (κ2) is 7.76. The molecule has 0 amide bonds. The van der Waals surface area contributed by atoms with Gasteiger partial charge < -0.3 is 16.2 Å². The molecule has 1 aromatic heterocycles. The summed E-state index contributed by atoms with van der Waals surface area (Å²) in [6.45, 7) is 1.70. The van der Waals surface area contributed by atoms with Crippen molar-refractivity contribution in [1.29, 1.82) is 0 Å². The van der Waals surface area contributed by atoms with Crippen LogP contribution in [0.25, 0.3) is 11.1 Å². The first-order valence-electron chi connectivity index (χ1n) is 8.13. The van der Waals surface area contributed by atoms with Crippen molar-refractivity contribution >= 4 is 17.5 Å². The van der Waals surface area contributed by atoms with Gasteiger partial charge in [-0.05, 0) is 54.4 Å². The number of nitrogens with one attached hydrogen (secondary N) is 1. The number of nitrogens with two attached hydrogens (primary N) is 1. The lowest BCUT2D eigenvalue weighted by molar-refractivity contribution is 0.199. The van der Waals surface area contributed by atoms with Gasteiger partial charge in [-0.1, -0.05) is 24.3 Å². The summed E-state index contributed by atoms with van der Waals surface area (Å²) in [5.74, 6) is 0.223. The summed E-state index contributed by atoms with van der Waals surface area (Å²) < 4.78 is 13.5. The second-order valence-corrected chi connectivity index (χ2v) is 5.80. The summed E-state index contributed by atoms with van der Waals surface area (Å²) in [5.41, 5.74) is 8.89. The van der Waals surface area contributed by atoms with Crippen LogP contribution in [0, 0.1) is 5.82 Å². The summed E-state index contributed by atoms with van der Waals surface area (Å²) >= 11 is 0. The molecule has 0 aliphatic carbocycles. The number of aliphatic imine (C=N–C) groups is 1. The Balaban J connectivity index is 1.85. The quantitative estimate of drug-likeness (QED) is 0.490. The fourth-order valence-corrected chi connectivity index (χ4v) is 2.50. The van der Waals surface area contributed by atoms with Gasteiger partial charge in [0.25, 0.3) is 0 Å². The molecular formula is C20H19FN4O. The summed E-state index contributed by atoms with van der Waals surface area (Å²) in [7, 11) is 0. The predicted molar refractivity (Wildman–Crippen MR) is 102 cm³/mol. The van der Waals surface area contributed by atoms with Gasteiger partial charge in [-0.3, -0.25) is 0 Å². The van der Waals surface area contributed by atoms with E-state index in [9.17, 15) is 9.50 Å². The zero-order valence-electron chi connectivity index (χ0n) is 14.2. The lowest BCUT2D eigenvalue weighted by Crippen LogP contribution is -2.22. The zero-order chi connectivity index (χ0) is 18.5. The van der Waals surface area contributed by atoms with Crippen LogP contribution in [0.5, 0.6) is 0 Å². The van der Waals surface area contributed by atoms with Crippen LogP contribution >= 0.6 is 0 Å². The fraction of sp³-hybridized carbons (Fsp3) is 0.100. The van der Waals surface area contributed by atoms with Crippen molar-refractivity contribution in [2.45, 2.75) is 13.0 Å². The number of benzene rings is 2. The molecule has 2 aromatic carbocycles. The maximum atomic E-state index is 13.5. The number of pyridine rings is 1. The monoisotopic (exact) mass is 350 g/mol. The minimum atomic E-state index is -0.530. The molecule has 6 heteroatoms. The lowest BCUT2D eigenvalue weighted by atomic mass is 10.1. The highest BCUT2D eigenvalue weighted by molar-refractivity contribution is 5.95. The van der Waals surface area contributed by atoms with Crippen molar-refractivity contribution < 1.29 is 9.50 Å². The molecule has 1 unspecified atom stereocenters. The van der Waals surface area contributed by atoms with E-state index >= 15 is 0 Å². The number of hydrogen-bond donors (Lipinski definition) is 3. The molecule has 0 fully saturated rings. The van der Waals surface area contributed by atoms with Crippen molar-refractivity contribution in [1.82, 2.24) is 4.98 Å². The molecule has 0 spiro atoms. The second-order valence-electron chi connectivity index (χ2n) is 5.80. The van der Waals surface area contributed by atoms with E-state index in [4.69, 9.17) is 5.73 Å². The number of guanidine groups is 1. The van der Waals surface area contributed by atoms with E-state index in [2.05, 4.69) is 15.3 Å².